The highest BCUT2D eigenvalue weighted by Crippen LogP contribution is 2.35. The standard InChI is InChI=1S/C10H11N3/c1-2-8(3-1)9-6-11-7-10-12-4-5-13(9)10/h4-8H,1-3H2. The molecule has 2 aromatic rings. The second-order valence-electron chi connectivity index (χ2n) is 3.62. The highest BCUT2D eigenvalue weighted by molar-refractivity contribution is 5.37. The van der Waals surface area contributed by atoms with E-state index in [1.165, 1.54) is 25.0 Å². The number of aromatic nitrogens is 3. The maximum Gasteiger partial charge on any atom is 0.155 e. The van der Waals surface area contributed by atoms with Crippen molar-refractivity contribution in [3.63, 3.8) is 0 Å². The maximum atomic E-state index is 4.22. The summed E-state index contributed by atoms with van der Waals surface area (Å²) in [5.41, 5.74) is 2.28. The topological polar surface area (TPSA) is 30.2 Å². The quantitative estimate of drug-likeness (QED) is 0.660. The van der Waals surface area contributed by atoms with Crippen LogP contribution in [0.25, 0.3) is 5.65 Å². The van der Waals surface area contributed by atoms with E-state index < -0.39 is 0 Å². The third-order valence-electron chi connectivity index (χ3n) is 2.87. The van der Waals surface area contributed by atoms with Crippen LogP contribution in [0.15, 0.2) is 24.8 Å². The van der Waals surface area contributed by atoms with Crippen LogP contribution in [0, 0.1) is 0 Å². The van der Waals surface area contributed by atoms with Crippen LogP contribution in [-0.4, -0.2) is 14.4 Å². The van der Waals surface area contributed by atoms with Gasteiger partial charge in [-0.2, -0.15) is 0 Å². The van der Waals surface area contributed by atoms with Crippen molar-refractivity contribution in [3.8, 4) is 0 Å². The SMILES string of the molecule is c1cn2c(C3CCC3)cncc2n1. The molecule has 1 fully saturated rings. The van der Waals surface area contributed by atoms with Gasteiger partial charge in [-0.05, 0) is 12.8 Å². The largest absolute Gasteiger partial charge is 0.301 e. The van der Waals surface area contributed by atoms with E-state index in [1.807, 2.05) is 24.8 Å². The molecule has 0 spiro atoms. The fraction of sp³-hybridized carbons (Fsp3) is 0.400. The Bertz CT molecular complexity index is 428. The van der Waals surface area contributed by atoms with Crippen molar-refractivity contribution in [2.24, 2.45) is 0 Å². The van der Waals surface area contributed by atoms with Gasteiger partial charge < -0.3 is 4.40 Å². The number of fused-ring (bicyclic) bond motifs is 1. The third-order valence-corrected chi connectivity index (χ3v) is 2.87. The fourth-order valence-corrected chi connectivity index (χ4v) is 1.88. The van der Waals surface area contributed by atoms with Gasteiger partial charge in [0.1, 0.15) is 0 Å². The van der Waals surface area contributed by atoms with Crippen LogP contribution in [0.2, 0.25) is 0 Å². The van der Waals surface area contributed by atoms with Gasteiger partial charge in [0.15, 0.2) is 5.65 Å². The summed E-state index contributed by atoms with van der Waals surface area (Å²) in [6.45, 7) is 0. The van der Waals surface area contributed by atoms with Crippen LogP contribution >= 0.6 is 0 Å². The lowest BCUT2D eigenvalue weighted by molar-refractivity contribution is 0.407. The molecule has 0 saturated heterocycles. The van der Waals surface area contributed by atoms with E-state index in [1.54, 1.807) is 0 Å². The fourth-order valence-electron chi connectivity index (χ4n) is 1.88. The zero-order valence-electron chi connectivity index (χ0n) is 7.35. The van der Waals surface area contributed by atoms with Crippen LogP contribution in [0.3, 0.4) is 0 Å². The van der Waals surface area contributed by atoms with E-state index in [-0.39, 0.29) is 0 Å². The molecule has 0 bridgehead atoms. The van der Waals surface area contributed by atoms with Gasteiger partial charge in [0.2, 0.25) is 0 Å². The Hall–Kier alpha value is -1.38. The predicted octanol–water partition coefficient (Wildman–Crippen LogP) is 2.00. The first-order valence-electron chi connectivity index (χ1n) is 4.72. The summed E-state index contributed by atoms with van der Waals surface area (Å²) in [7, 11) is 0. The smallest absolute Gasteiger partial charge is 0.155 e. The van der Waals surface area contributed by atoms with Crippen LogP contribution in [0.4, 0.5) is 0 Å². The van der Waals surface area contributed by atoms with E-state index in [4.69, 9.17) is 0 Å². The molecular weight excluding hydrogens is 162 g/mol. The number of hydrogen-bond donors (Lipinski definition) is 0. The molecule has 0 aromatic carbocycles. The highest BCUT2D eigenvalue weighted by atomic mass is 15.0. The monoisotopic (exact) mass is 173 g/mol. The van der Waals surface area contributed by atoms with E-state index >= 15 is 0 Å². The van der Waals surface area contributed by atoms with Gasteiger partial charge in [-0.1, -0.05) is 6.42 Å². The molecule has 0 N–H and O–H groups in total. The average molecular weight is 173 g/mol. The minimum atomic E-state index is 0.713. The molecule has 2 heterocycles. The minimum Gasteiger partial charge on any atom is -0.301 e. The predicted molar refractivity (Wildman–Crippen MR) is 49.6 cm³/mol. The Balaban J connectivity index is 2.20. The molecule has 3 heteroatoms. The lowest BCUT2D eigenvalue weighted by Crippen LogP contribution is -2.12. The van der Waals surface area contributed by atoms with Crippen LogP contribution in [-0.2, 0) is 0 Å². The second-order valence-corrected chi connectivity index (χ2v) is 3.62. The van der Waals surface area contributed by atoms with Crippen LogP contribution in [0.1, 0.15) is 30.9 Å². The first-order chi connectivity index (χ1) is 6.45. The van der Waals surface area contributed by atoms with Gasteiger partial charge in [-0.25, -0.2) is 4.98 Å². The minimum absolute atomic E-state index is 0.713. The molecule has 3 rings (SSSR count). The lowest BCUT2D eigenvalue weighted by atomic mass is 9.83. The summed E-state index contributed by atoms with van der Waals surface area (Å²) in [6, 6.07) is 0. The number of nitrogens with zero attached hydrogens (tertiary/aromatic N) is 3. The number of rotatable bonds is 1. The van der Waals surface area contributed by atoms with Crippen molar-refractivity contribution in [2.75, 3.05) is 0 Å². The van der Waals surface area contributed by atoms with Crippen molar-refractivity contribution in [1.82, 2.24) is 14.4 Å². The normalized spacial score (nSPS) is 17.5. The van der Waals surface area contributed by atoms with Gasteiger partial charge in [-0.15, -0.1) is 0 Å². The molecule has 66 valence electrons. The van der Waals surface area contributed by atoms with Gasteiger partial charge in [0.05, 0.1) is 6.20 Å². The van der Waals surface area contributed by atoms with Crippen molar-refractivity contribution >= 4 is 5.65 Å². The Morgan fingerprint density at radius 1 is 1.31 bits per heavy atom. The Morgan fingerprint density at radius 3 is 3.00 bits per heavy atom. The summed E-state index contributed by atoms with van der Waals surface area (Å²) in [4.78, 5) is 8.43. The first-order valence-corrected chi connectivity index (χ1v) is 4.72. The van der Waals surface area contributed by atoms with Gasteiger partial charge in [-0.3, -0.25) is 4.98 Å². The molecule has 3 nitrogen and oxygen atoms in total. The molecule has 0 aliphatic heterocycles. The molecule has 0 radical (unpaired) electrons. The van der Waals surface area contributed by atoms with Crippen LogP contribution in [0.5, 0.6) is 0 Å². The number of hydrogen-bond acceptors (Lipinski definition) is 2. The summed E-state index contributed by atoms with van der Waals surface area (Å²) >= 11 is 0. The highest BCUT2D eigenvalue weighted by Gasteiger charge is 2.21. The summed E-state index contributed by atoms with van der Waals surface area (Å²) in [5.74, 6) is 0.713. The van der Waals surface area contributed by atoms with Gasteiger partial charge in [0, 0.05) is 30.2 Å². The van der Waals surface area contributed by atoms with Crippen molar-refractivity contribution < 1.29 is 0 Å². The maximum absolute atomic E-state index is 4.22. The second kappa shape index (κ2) is 2.55. The zero-order valence-corrected chi connectivity index (χ0v) is 7.35. The summed E-state index contributed by atoms with van der Waals surface area (Å²) in [6.07, 6.45) is 11.6. The molecule has 2 aromatic heterocycles. The molecular formula is C10H11N3. The molecule has 1 aliphatic rings. The van der Waals surface area contributed by atoms with E-state index in [0.717, 1.165) is 5.65 Å². The molecule has 0 unspecified atom stereocenters. The molecule has 1 aliphatic carbocycles. The average Bonchev–Trinajstić information content (AvgIpc) is 2.49. The van der Waals surface area contributed by atoms with Crippen molar-refractivity contribution in [3.05, 3.63) is 30.5 Å². The molecule has 1 saturated carbocycles. The molecule has 0 amide bonds. The Morgan fingerprint density at radius 2 is 2.23 bits per heavy atom. The van der Waals surface area contributed by atoms with E-state index in [9.17, 15) is 0 Å². The van der Waals surface area contributed by atoms with E-state index in [0.29, 0.717) is 5.92 Å². The van der Waals surface area contributed by atoms with Crippen molar-refractivity contribution in [1.29, 1.82) is 0 Å². The Kier molecular flexibility index (Phi) is 1.39. The van der Waals surface area contributed by atoms with Crippen LogP contribution < -0.4 is 0 Å². The summed E-state index contributed by atoms with van der Waals surface area (Å²) < 4.78 is 2.15. The zero-order chi connectivity index (χ0) is 8.67. The summed E-state index contributed by atoms with van der Waals surface area (Å²) in [5, 5.41) is 0. The third kappa shape index (κ3) is 0.963. The Labute approximate surface area is 76.4 Å². The first kappa shape index (κ1) is 7.06. The number of imidazole rings is 1. The van der Waals surface area contributed by atoms with Crippen molar-refractivity contribution in [2.45, 2.75) is 25.2 Å². The molecule has 0 atom stereocenters. The van der Waals surface area contributed by atoms with Gasteiger partial charge >= 0.3 is 0 Å². The van der Waals surface area contributed by atoms with E-state index in [2.05, 4.69) is 14.4 Å². The van der Waals surface area contributed by atoms with Gasteiger partial charge in [0.25, 0.3) is 0 Å². The lowest BCUT2D eigenvalue weighted by Gasteiger charge is -2.25. The molecule has 13 heavy (non-hydrogen) atoms.